The monoisotopic (exact) mass is 248 g/mol. The molecule has 0 saturated carbocycles. The average Bonchev–Trinajstić information content (AvgIpc) is 2.28. The number of aromatic nitrogens is 2. The van der Waals surface area contributed by atoms with E-state index in [9.17, 15) is 5.11 Å². The lowest BCUT2D eigenvalue weighted by molar-refractivity contribution is 0.475. The van der Waals surface area contributed by atoms with E-state index in [4.69, 9.17) is 11.6 Å². The van der Waals surface area contributed by atoms with Crippen LogP contribution in [0.5, 0.6) is 5.75 Å². The van der Waals surface area contributed by atoms with Gasteiger partial charge in [0.15, 0.2) is 5.82 Å². The number of aromatic hydroxyl groups is 1. The third-order valence-corrected chi connectivity index (χ3v) is 2.55. The second-order valence-electron chi connectivity index (χ2n) is 3.81. The van der Waals surface area contributed by atoms with E-state index in [2.05, 4.69) is 16.9 Å². The van der Waals surface area contributed by atoms with Gasteiger partial charge in [0.2, 0.25) is 0 Å². The van der Waals surface area contributed by atoms with Crippen LogP contribution in [0.1, 0.15) is 19.0 Å². The van der Waals surface area contributed by atoms with Crippen LogP contribution in [0.3, 0.4) is 0 Å². The molecule has 1 aromatic heterocycles. The summed E-state index contributed by atoms with van der Waals surface area (Å²) in [4.78, 5) is 8.60. The van der Waals surface area contributed by atoms with Crippen molar-refractivity contribution >= 4 is 11.6 Å². The SMILES string of the molecule is CCCc1cc(Cl)nc(-c2cccc(O)c2)n1. The van der Waals surface area contributed by atoms with E-state index >= 15 is 0 Å². The number of phenolic OH excluding ortho intramolecular Hbond substituents is 1. The van der Waals surface area contributed by atoms with E-state index in [1.807, 2.05) is 6.07 Å². The lowest BCUT2D eigenvalue weighted by Crippen LogP contribution is -1.95. The summed E-state index contributed by atoms with van der Waals surface area (Å²) in [6.45, 7) is 2.09. The molecule has 0 spiro atoms. The minimum absolute atomic E-state index is 0.197. The molecule has 3 nitrogen and oxygen atoms in total. The van der Waals surface area contributed by atoms with E-state index in [1.54, 1.807) is 24.3 Å². The van der Waals surface area contributed by atoms with E-state index in [0.29, 0.717) is 11.0 Å². The van der Waals surface area contributed by atoms with Crippen molar-refractivity contribution in [1.29, 1.82) is 0 Å². The molecule has 0 saturated heterocycles. The molecule has 0 bridgehead atoms. The van der Waals surface area contributed by atoms with Crippen molar-refractivity contribution in [3.8, 4) is 17.1 Å². The second-order valence-corrected chi connectivity index (χ2v) is 4.19. The summed E-state index contributed by atoms with van der Waals surface area (Å²) in [5.41, 5.74) is 1.69. The molecule has 1 aromatic carbocycles. The Bertz CT molecular complexity index is 529. The Morgan fingerprint density at radius 1 is 1.24 bits per heavy atom. The fraction of sp³-hybridized carbons (Fsp3) is 0.231. The smallest absolute Gasteiger partial charge is 0.161 e. The van der Waals surface area contributed by atoms with Gasteiger partial charge in [0, 0.05) is 11.3 Å². The van der Waals surface area contributed by atoms with Crippen LogP contribution in [0.2, 0.25) is 5.15 Å². The van der Waals surface area contributed by atoms with Gasteiger partial charge in [-0.2, -0.15) is 0 Å². The van der Waals surface area contributed by atoms with Crippen molar-refractivity contribution < 1.29 is 5.11 Å². The highest BCUT2D eigenvalue weighted by atomic mass is 35.5. The zero-order valence-electron chi connectivity index (χ0n) is 9.52. The van der Waals surface area contributed by atoms with Gasteiger partial charge in [-0.05, 0) is 24.6 Å². The number of halogens is 1. The molecule has 2 rings (SSSR count). The summed E-state index contributed by atoms with van der Waals surface area (Å²) in [7, 11) is 0. The molecule has 0 radical (unpaired) electrons. The first-order valence-electron chi connectivity index (χ1n) is 5.52. The van der Waals surface area contributed by atoms with Crippen molar-refractivity contribution in [2.24, 2.45) is 0 Å². The maximum Gasteiger partial charge on any atom is 0.161 e. The molecule has 0 amide bonds. The second kappa shape index (κ2) is 5.15. The van der Waals surface area contributed by atoms with Crippen LogP contribution < -0.4 is 0 Å². The van der Waals surface area contributed by atoms with Crippen LogP contribution in [0, 0.1) is 0 Å². The van der Waals surface area contributed by atoms with Gasteiger partial charge >= 0.3 is 0 Å². The molecule has 4 heteroatoms. The minimum Gasteiger partial charge on any atom is -0.508 e. The fourth-order valence-corrected chi connectivity index (χ4v) is 1.83. The van der Waals surface area contributed by atoms with Gasteiger partial charge in [0.25, 0.3) is 0 Å². The van der Waals surface area contributed by atoms with Gasteiger partial charge in [-0.1, -0.05) is 37.1 Å². The van der Waals surface area contributed by atoms with Crippen LogP contribution in [-0.2, 0) is 6.42 Å². The Labute approximate surface area is 105 Å². The average molecular weight is 249 g/mol. The maximum absolute atomic E-state index is 9.43. The number of benzene rings is 1. The first-order valence-corrected chi connectivity index (χ1v) is 5.89. The van der Waals surface area contributed by atoms with Crippen LogP contribution >= 0.6 is 11.6 Å². The summed E-state index contributed by atoms with van der Waals surface area (Å²) in [5.74, 6) is 0.750. The number of hydrogen-bond donors (Lipinski definition) is 1. The van der Waals surface area contributed by atoms with Crippen LogP contribution in [0.15, 0.2) is 30.3 Å². The molecule has 0 aliphatic carbocycles. The third-order valence-electron chi connectivity index (χ3n) is 2.36. The van der Waals surface area contributed by atoms with E-state index < -0.39 is 0 Å². The number of phenols is 1. The Balaban J connectivity index is 2.44. The minimum atomic E-state index is 0.197. The Morgan fingerprint density at radius 3 is 2.76 bits per heavy atom. The molecule has 0 aliphatic heterocycles. The molecule has 17 heavy (non-hydrogen) atoms. The number of aryl methyl sites for hydroxylation is 1. The molecular formula is C13H13ClN2O. The first kappa shape index (κ1) is 11.9. The summed E-state index contributed by atoms with van der Waals surface area (Å²) >= 11 is 5.96. The first-order chi connectivity index (χ1) is 8.19. The maximum atomic E-state index is 9.43. The van der Waals surface area contributed by atoms with Crippen molar-refractivity contribution in [1.82, 2.24) is 9.97 Å². The quantitative estimate of drug-likeness (QED) is 0.847. The van der Waals surface area contributed by atoms with Crippen LogP contribution in [-0.4, -0.2) is 15.1 Å². The fourth-order valence-electron chi connectivity index (χ4n) is 1.62. The van der Waals surface area contributed by atoms with Gasteiger partial charge < -0.3 is 5.11 Å². The number of rotatable bonds is 3. The molecule has 1 heterocycles. The van der Waals surface area contributed by atoms with Gasteiger partial charge in [-0.3, -0.25) is 0 Å². The van der Waals surface area contributed by atoms with Crippen molar-refractivity contribution in [2.75, 3.05) is 0 Å². The summed E-state index contributed by atoms with van der Waals surface area (Å²) in [5, 5.41) is 9.86. The van der Waals surface area contributed by atoms with Crippen LogP contribution in [0.25, 0.3) is 11.4 Å². The number of nitrogens with zero attached hydrogens (tertiary/aromatic N) is 2. The molecular weight excluding hydrogens is 236 g/mol. The topological polar surface area (TPSA) is 46.0 Å². The molecule has 0 unspecified atom stereocenters. The van der Waals surface area contributed by atoms with Crippen molar-refractivity contribution in [2.45, 2.75) is 19.8 Å². The summed E-state index contributed by atoms with van der Waals surface area (Å²) in [6, 6.07) is 8.62. The third kappa shape index (κ3) is 2.94. The standard InChI is InChI=1S/C13H13ClN2O/c1-2-4-10-8-12(14)16-13(15-10)9-5-3-6-11(17)7-9/h3,5-8,17H,2,4H2,1H3. The predicted molar refractivity (Wildman–Crippen MR) is 68.1 cm³/mol. The molecule has 0 atom stereocenters. The van der Waals surface area contributed by atoms with Crippen molar-refractivity contribution in [3.63, 3.8) is 0 Å². The molecule has 88 valence electrons. The van der Waals surface area contributed by atoms with Crippen molar-refractivity contribution in [3.05, 3.63) is 41.2 Å². The zero-order valence-corrected chi connectivity index (χ0v) is 10.3. The summed E-state index contributed by atoms with van der Waals surface area (Å²) in [6.07, 6.45) is 1.88. The van der Waals surface area contributed by atoms with Gasteiger partial charge in [-0.25, -0.2) is 9.97 Å². The lowest BCUT2D eigenvalue weighted by atomic mass is 10.2. The molecule has 2 aromatic rings. The molecule has 0 aliphatic rings. The number of hydrogen-bond acceptors (Lipinski definition) is 3. The van der Waals surface area contributed by atoms with Gasteiger partial charge in [-0.15, -0.1) is 0 Å². The Kier molecular flexibility index (Phi) is 3.59. The predicted octanol–water partition coefficient (Wildman–Crippen LogP) is 3.46. The molecule has 0 fully saturated rings. The zero-order chi connectivity index (χ0) is 12.3. The largest absolute Gasteiger partial charge is 0.508 e. The summed E-state index contributed by atoms with van der Waals surface area (Å²) < 4.78 is 0. The van der Waals surface area contributed by atoms with E-state index in [1.165, 1.54) is 0 Å². The highest BCUT2D eigenvalue weighted by molar-refractivity contribution is 6.29. The lowest BCUT2D eigenvalue weighted by Gasteiger charge is -2.04. The highest BCUT2D eigenvalue weighted by Crippen LogP contribution is 2.22. The Morgan fingerprint density at radius 2 is 2.06 bits per heavy atom. The van der Waals surface area contributed by atoms with Crippen LogP contribution in [0.4, 0.5) is 0 Å². The molecule has 1 N–H and O–H groups in total. The van der Waals surface area contributed by atoms with Gasteiger partial charge in [0.05, 0.1) is 0 Å². The van der Waals surface area contributed by atoms with Gasteiger partial charge in [0.1, 0.15) is 10.9 Å². The normalized spacial score (nSPS) is 10.5. The van der Waals surface area contributed by atoms with E-state index in [-0.39, 0.29) is 5.75 Å². The Hall–Kier alpha value is -1.61. The van der Waals surface area contributed by atoms with E-state index in [0.717, 1.165) is 24.1 Å². The highest BCUT2D eigenvalue weighted by Gasteiger charge is 2.06.